The van der Waals surface area contributed by atoms with Gasteiger partial charge in [-0.05, 0) is 57.3 Å². The Morgan fingerprint density at radius 3 is 1.21 bits per heavy atom. The van der Waals surface area contributed by atoms with Gasteiger partial charge in [0, 0.05) is 34.4 Å². The number of fused-ring (bicyclic) bond motifs is 10. The summed E-state index contributed by atoms with van der Waals surface area (Å²) in [4.78, 5) is 0. The lowest BCUT2D eigenvalue weighted by Gasteiger charge is -2.45. The van der Waals surface area contributed by atoms with E-state index in [1.165, 1.54) is 67.0 Å². The molecule has 1 aliphatic carbocycles. The van der Waals surface area contributed by atoms with Crippen molar-refractivity contribution in [2.75, 3.05) is 0 Å². The monoisotopic (exact) mass is 624 g/mol. The lowest BCUT2D eigenvalue weighted by molar-refractivity contribution is -0.824. The van der Waals surface area contributed by atoms with Gasteiger partial charge in [-0.15, -0.1) is 0 Å². The lowest BCUT2D eigenvalue weighted by Crippen LogP contribution is -2.75. The van der Waals surface area contributed by atoms with Crippen LogP contribution in [0.25, 0.3) is 44.8 Å². The molecule has 1 fully saturated rings. The molecule has 2 aromatic heterocycles. The van der Waals surface area contributed by atoms with Crippen LogP contribution in [0.1, 0.15) is 76.6 Å². The Hall–Kier alpha value is -4.82. The molecular formula is C46H44N2+2. The van der Waals surface area contributed by atoms with Crippen LogP contribution in [0.15, 0.2) is 134 Å². The molecule has 0 amide bonds. The van der Waals surface area contributed by atoms with Crippen molar-refractivity contribution in [1.82, 2.24) is 0 Å². The van der Waals surface area contributed by atoms with E-state index in [2.05, 4.69) is 184 Å². The highest BCUT2D eigenvalue weighted by Gasteiger charge is 2.74. The van der Waals surface area contributed by atoms with Gasteiger partial charge in [0.1, 0.15) is 0 Å². The summed E-state index contributed by atoms with van der Waals surface area (Å²) >= 11 is 0. The van der Waals surface area contributed by atoms with E-state index in [4.69, 9.17) is 0 Å². The zero-order chi connectivity index (χ0) is 33.1. The average molecular weight is 625 g/mol. The molecule has 0 N–H and O–H groups in total. The zero-order valence-electron chi connectivity index (χ0n) is 29.0. The van der Waals surface area contributed by atoms with Crippen LogP contribution in [0.5, 0.6) is 0 Å². The first-order valence-corrected chi connectivity index (χ1v) is 17.5. The molecule has 0 atom stereocenters. The number of aromatic nitrogens is 2. The van der Waals surface area contributed by atoms with E-state index in [9.17, 15) is 0 Å². The Labute approximate surface area is 285 Å². The van der Waals surface area contributed by atoms with Gasteiger partial charge >= 0.3 is 0 Å². The molecule has 6 aromatic rings. The van der Waals surface area contributed by atoms with Crippen molar-refractivity contribution in [3.05, 3.63) is 156 Å². The molecule has 0 unspecified atom stereocenters. The van der Waals surface area contributed by atoms with Crippen molar-refractivity contribution in [2.45, 2.75) is 76.3 Å². The third-order valence-corrected chi connectivity index (χ3v) is 11.5. The molecule has 3 aliphatic rings. The summed E-state index contributed by atoms with van der Waals surface area (Å²) in [5, 5.41) is 0. The first kappa shape index (κ1) is 29.3. The Morgan fingerprint density at radius 1 is 0.438 bits per heavy atom. The van der Waals surface area contributed by atoms with Crippen LogP contribution in [0.2, 0.25) is 0 Å². The van der Waals surface area contributed by atoms with Gasteiger partial charge in [-0.1, -0.05) is 126 Å². The normalized spacial score (nSPS) is 20.3. The molecule has 236 valence electrons. The van der Waals surface area contributed by atoms with Crippen LogP contribution < -0.4 is 9.13 Å². The SMILES string of the molecule is CC(C)(C)c1ccc2[n+](c1)C1(CC3(C1)c1ccc(-c4ccccc4)cc1-c1ccc(C(C)(C)C)c[n+]13)c1ccc(-c3ccccc3)cc1-2. The predicted molar refractivity (Wildman–Crippen MR) is 196 cm³/mol. The fraction of sp³-hybridized carbons (Fsp3) is 0.261. The first-order valence-electron chi connectivity index (χ1n) is 17.5. The molecule has 2 nitrogen and oxygen atoms in total. The maximum absolute atomic E-state index is 2.67. The third kappa shape index (κ3) is 4.11. The number of hydrogen-bond acceptors (Lipinski definition) is 0. The molecule has 2 heteroatoms. The largest absolute Gasteiger partial charge is 0.213 e. The lowest BCUT2D eigenvalue weighted by atomic mass is 9.57. The topological polar surface area (TPSA) is 7.76 Å². The van der Waals surface area contributed by atoms with Crippen LogP contribution in [0.3, 0.4) is 0 Å². The number of hydrogen-bond donors (Lipinski definition) is 0. The summed E-state index contributed by atoms with van der Waals surface area (Å²) in [6.45, 7) is 14.0. The molecule has 4 heterocycles. The van der Waals surface area contributed by atoms with Gasteiger partial charge in [0.05, 0.1) is 24.0 Å². The molecular weight excluding hydrogens is 581 g/mol. The summed E-state index contributed by atoms with van der Waals surface area (Å²) in [6, 6.07) is 45.6. The highest BCUT2D eigenvalue weighted by atomic mass is 15.2. The fourth-order valence-corrected chi connectivity index (χ4v) is 8.88. The number of rotatable bonds is 2. The van der Waals surface area contributed by atoms with E-state index in [1.807, 2.05) is 0 Å². The van der Waals surface area contributed by atoms with Crippen LogP contribution >= 0.6 is 0 Å². The number of pyridine rings is 2. The molecule has 0 bridgehead atoms. The van der Waals surface area contributed by atoms with Crippen LogP contribution in [0.4, 0.5) is 0 Å². The molecule has 48 heavy (non-hydrogen) atoms. The smallest absolute Gasteiger partial charge is 0.188 e. The number of nitrogens with zero attached hydrogens (tertiary/aromatic N) is 2. The van der Waals surface area contributed by atoms with Gasteiger partial charge in [0.15, 0.2) is 12.4 Å². The summed E-state index contributed by atoms with van der Waals surface area (Å²) in [5.74, 6) is 0. The summed E-state index contributed by atoms with van der Waals surface area (Å²) in [6.07, 6.45) is 7.00. The van der Waals surface area contributed by atoms with E-state index in [-0.39, 0.29) is 21.9 Å². The van der Waals surface area contributed by atoms with Crippen molar-refractivity contribution in [1.29, 1.82) is 0 Å². The molecule has 9 rings (SSSR count). The van der Waals surface area contributed by atoms with E-state index in [0.717, 1.165) is 12.8 Å². The Balaban J connectivity index is 1.25. The standard InChI is InChI=1S/C46H44N2/c1-43(2,3)35-19-23-41-37-25-33(31-13-9-7-10-14-31)17-21-39(37)45(47(41)27-35)29-46(30-45)40-22-18-34(32-15-11-8-12-16-32)26-38(40)42-24-20-36(28-48(42)46)44(4,5)6/h7-28H,29-30H2,1-6H3/q+2. The highest BCUT2D eigenvalue weighted by Crippen LogP contribution is 2.61. The summed E-state index contributed by atoms with van der Waals surface area (Å²) in [7, 11) is 0. The van der Waals surface area contributed by atoms with Crippen molar-refractivity contribution < 1.29 is 9.13 Å². The van der Waals surface area contributed by atoms with Gasteiger partial charge in [0.25, 0.3) is 0 Å². The molecule has 1 saturated carbocycles. The van der Waals surface area contributed by atoms with Gasteiger partial charge in [-0.3, -0.25) is 0 Å². The minimum Gasteiger partial charge on any atom is -0.188 e. The van der Waals surface area contributed by atoms with Crippen molar-refractivity contribution >= 4 is 0 Å². The molecule has 2 aliphatic heterocycles. The van der Waals surface area contributed by atoms with Gasteiger partial charge in [-0.25, -0.2) is 0 Å². The maximum Gasteiger partial charge on any atom is 0.213 e. The molecule has 4 aromatic carbocycles. The van der Waals surface area contributed by atoms with E-state index in [0.29, 0.717) is 0 Å². The molecule has 0 saturated heterocycles. The second-order valence-electron chi connectivity index (χ2n) is 16.5. The summed E-state index contributed by atoms with van der Waals surface area (Å²) < 4.78 is 5.34. The second-order valence-corrected chi connectivity index (χ2v) is 16.5. The van der Waals surface area contributed by atoms with E-state index < -0.39 is 0 Å². The molecule has 0 radical (unpaired) electrons. The van der Waals surface area contributed by atoms with E-state index in [1.54, 1.807) is 0 Å². The van der Waals surface area contributed by atoms with Crippen molar-refractivity contribution in [3.8, 4) is 44.8 Å². The van der Waals surface area contributed by atoms with Crippen LogP contribution in [-0.2, 0) is 21.9 Å². The quantitative estimate of drug-likeness (QED) is 0.169. The average Bonchev–Trinajstić information content (AvgIpc) is 3.52. The van der Waals surface area contributed by atoms with Crippen molar-refractivity contribution in [2.24, 2.45) is 0 Å². The number of benzene rings is 4. The van der Waals surface area contributed by atoms with Crippen LogP contribution in [-0.4, -0.2) is 0 Å². The Kier molecular flexibility index (Phi) is 6.02. The third-order valence-electron chi connectivity index (χ3n) is 11.5. The Morgan fingerprint density at radius 2 is 0.833 bits per heavy atom. The Bertz CT molecular complexity index is 2080. The van der Waals surface area contributed by atoms with E-state index >= 15 is 0 Å². The second kappa shape index (κ2) is 9.86. The van der Waals surface area contributed by atoms with Gasteiger partial charge in [0.2, 0.25) is 22.5 Å². The van der Waals surface area contributed by atoms with Crippen LogP contribution in [0, 0.1) is 0 Å². The minimum absolute atomic E-state index is 0.0609. The minimum atomic E-state index is -0.122. The van der Waals surface area contributed by atoms with Gasteiger partial charge < -0.3 is 0 Å². The van der Waals surface area contributed by atoms with Gasteiger partial charge in [-0.2, -0.15) is 9.13 Å². The predicted octanol–water partition coefficient (Wildman–Crippen LogP) is 10.1. The highest BCUT2D eigenvalue weighted by molar-refractivity contribution is 5.78. The van der Waals surface area contributed by atoms with Crippen molar-refractivity contribution in [3.63, 3.8) is 0 Å². The molecule has 2 spiro atoms. The summed E-state index contributed by atoms with van der Waals surface area (Å²) in [5.41, 5.74) is 16.1. The fourth-order valence-electron chi connectivity index (χ4n) is 8.88. The zero-order valence-corrected chi connectivity index (χ0v) is 29.0. The first-order chi connectivity index (χ1) is 23.0. The maximum atomic E-state index is 2.67.